The fourth-order valence-corrected chi connectivity index (χ4v) is 2.79. The van der Waals surface area contributed by atoms with Crippen molar-refractivity contribution in [2.24, 2.45) is 5.92 Å². The van der Waals surface area contributed by atoms with Gasteiger partial charge in [-0.05, 0) is 31.8 Å². The summed E-state index contributed by atoms with van der Waals surface area (Å²) in [6, 6.07) is 9.81. The second-order valence-electron chi connectivity index (χ2n) is 5.67. The molecular formula is C17H21N3O2. The molecule has 0 bridgehead atoms. The molecule has 0 spiro atoms. The zero-order valence-electron chi connectivity index (χ0n) is 12.5. The van der Waals surface area contributed by atoms with Crippen molar-refractivity contribution in [3.05, 3.63) is 42.4 Å². The number of nitrogens with zero attached hydrogens (tertiary/aromatic N) is 1. The maximum absolute atomic E-state index is 12.0. The summed E-state index contributed by atoms with van der Waals surface area (Å²) in [6.45, 7) is 2.52. The van der Waals surface area contributed by atoms with E-state index in [0.717, 1.165) is 36.5 Å². The lowest BCUT2D eigenvalue weighted by molar-refractivity contribution is -0.121. The summed E-state index contributed by atoms with van der Waals surface area (Å²) >= 11 is 0. The number of benzene rings is 1. The van der Waals surface area contributed by atoms with Crippen molar-refractivity contribution < 1.29 is 9.21 Å². The van der Waals surface area contributed by atoms with Gasteiger partial charge in [-0.2, -0.15) is 0 Å². The van der Waals surface area contributed by atoms with Gasteiger partial charge in [0.25, 0.3) is 0 Å². The Hall–Kier alpha value is -2.14. The number of hydrogen-bond donors (Lipinski definition) is 2. The maximum atomic E-state index is 12.0. The Bertz CT molecular complexity index is 603. The van der Waals surface area contributed by atoms with Gasteiger partial charge >= 0.3 is 0 Å². The number of hydrogen-bond acceptors (Lipinski definition) is 4. The fourth-order valence-electron chi connectivity index (χ4n) is 2.79. The summed E-state index contributed by atoms with van der Waals surface area (Å²) in [5.41, 5.74) is 1.74. The van der Waals surface area contributed by atoms with E-state index in [0.29, 0.717) is 18.9 Å². The molecule has 116 valence electrons. The minimum atomic E-state index is 0.0777. The lowest BCUT2D eigenvalue weighted by Crippen LogP contribution is -2.24. The minimum absolute atomic E-state index is 0.0777. The molecule has 22 heavy (non-hydrogen) atoms. The largest absolute Gasteiger partial charge is 0.443 e. The van der Waals surface area contributed by atoms with Crippen LogP contribution in [0.4, 0.5) is 0 Å². The minimum Gasteiger partial charge on any atom is -0.443 e. The van der Waals surface area contributed by atoms with Crippen LogP contribution in [0.5, 0.6) is 0 Å². The Morgan fingerprint density at radius 3 is 3.00 bits per heavy atom. The van der Waals surface area contributed by atoms with Crippen LogP contribution in [-0.2, 0) is 11.3 Å². The number of nitrogens with one attached hydrogen (secondary N) is 2. The highest BCUT2D eigenvalue weighted by Gasteiger charge is 2.16. The van der Waals surface area contributed by atoms with E-state index < -0.39 is 0 Å². The summed E-state index contributed by atoms with van der Waals surface area (Å²) in [5.74, 6) is 1.44. The summed E-state index contributed by atoms with van der Waals surface area (Å²) in [6.07, 6.45) is 4.12. The molecule has 2 aromatic rings. The first kappa shape index (κ1) is 14.8. The quantitative estimate of drug-likeness (QED) is 0.859. The van der Waals surface area contributed by atoms with Gasteiger partial charge in [-0.15, -0.1) is 0 Å². The van der Waals surface area contributed by atoms with Gasteiger partial charge in [-0.1, -0.05) is 30.3 Å². The fraction of sp³-hybridized carbons (Fsp3) is 0.412. The van der Waals surface area contributed by atoms with Crippen LogP contribution in [-0.4, -0.2) is 24.0 Å². The average molecular weight is 299 g/mol. The molecule has 1 aromatic heterocycles. The van der Waals surface area contributed by atoms with Crippen molar-refractivity contribution in [3.63, 3.8) is 0 Å². The van der Waals surface area contributed by atoms with E-state index in [1.54, 1.807) is 0 Å². The van der Waals surface area contributed by atoms with Crippen molar-refractivity contribution >= 4 is 5.91 Å². The highest BCUT2D eigenvalue weighted by atomic mass is 16.3. The lowest BCUT2D eigenvalue weighted by Gasteiger charge is -2.08. The smallest absolute Gasteiger partial charge is 0.220 e. The van der Waals surface area contributed by atoms with E-state index in [1.165, 1.54) is 12.8 Å². The van der Waals surface area contributed by atoms with Crippen molar-refractivity contribution in [1.82, 2.24) is 15.6 Å². The molecule has 1 aliphatic heterocycles. The van der Waals surface area contributed by atoms with Crippen LogP contribution >= 0.6 is 0 Å². The predicted molar refractivity (Wildman–Crippen MR) is 84.0 cm³/mol. The summed E-state index contributed by atoms with van der Waals surface area (Å²) in [4.78, 5) is 16.2. The molecule has 1 aromatic carbocycles. The molecule has 0 radical (unpaired) electrons. The van der Waals surface area contributed by atoms with Crippen LogP contribution in [0.2, 0.25) is 0 Å². The topological polar surface area (TPSA) is 67.2 Å². The van der Waals surface area contributed by atoms with Crippen LogP contribution in [0.15, 0.2) is 41.1 Å². The molecule has 5 nitrogen and oxygen atoms in total. The van der Waals surface area contributed by atoms with Crippen LogP contribution in [0.3, 0.4) is 0 Å². The van der Waals surface area contributed by atoms with Gasteiger partial charge < -0.3 is 15.1 Å². The monoisotopic (exact) mass is 299 g/mol. The molecular weight excluding hydrogens is 278 g/mol. The van der Waals surface area contributed by atoms with Gasteiger partial charge in [0.05, 0.1) is 6.54 Å². The van der Waals surface area contributed by atoms with Gasteiger partial charge in [-0.3, -0.25) is 4.79 Å². The summed E-state index contributed by atoms with van der Waals surface area (Å²) in [5, 5.41) is 6.26. The third kappa shape index (κ3) is 3.74. The molecule has 1 fully saturated rings. The predicted octanol–water partition coefficient (Wildman–Crippen LogP) is 2.35. The Balaban J connectivity index is 1.51. The molecule has 0 saturated carbocycles. The number of carbonyl (C=O) groups is 1. The normalized spacial score (nSPS) is 17.5. The highest BCUT2D eigenvalue weighted by molar-refractivity contribution is 5.76. The Kier molecular flexibility index (Phi) is 4.85. The van der Waals surface area contributed by atoms with Crippen LogP contribution in [0.1, 0.15) is 25.0 Å². The Morgan fingerprint density at radius 1 is 1.36 bits per heavy atom. The van der Waals surface area contributed by atoms with Gasteiger partial charge in [0.1, 0.15) is 5.69 Å². The molecule has 2 heterocycles. The van der Waals surface area contributed by atoms with E-state index in [-0.39, 0.29) is 5.91 Å². The SMILES string of the molecule is O=C(CCC1CCNC1)NCc1ncoc1-c1ccccc1. The zero-order valence-corrected chi connectivity index (χ0v) is 12.5. The Labute approximate surface area is 130 Å². The molecule has 0 aliphatic carbocycles. The van der Waals surface area contributed by atoms with Crippen LogP contribution < -0.4 is 10.6 Å². The van der Waals surface area contributed by atoms with Gasteiger partial charge in [0.2, 0.25) is 5.91 Å². The van der Waals surface area contributed by atoms with E-state index in [1.807, 2.05) is 30.3 Å². The van der Waals surface area contributed by atoms with Gasteiger partial charge in [0.15, 0.2) is 12.2 Å². The molecule has 5 heteroatoms. The molecule has 1 saturated heterocycles. The van der Waals surface area contributed by atoms with Crippen LogP contribution in [0, 0.1) is 5.92 Å². The summed E-state index contributed by atoms with van der Waals surface area (Å²) < 4.78 is 5.45. The number of oxazole rings is 1. The molecule has 3 rings (SSSR count). The maximum Gasteiger partial charge on any atom is 0.220 e. The standard InChI is InChI=1S/C17H21N3O2/c21-16(7-6-13-8-9-18-10-13)19-11-15-17(22-12-20-15)14-4-2-1-3-5-14/h1-5,12-13,18H,6-11H2,(H,19,21). The van der Waals surface area contributed by atoms with Crippen molar-refractivity contribution in [1.29, 1.82) is 0 Å². The first-order valence-corrected chi connectivity index (χ1v) is 7.78. The molecule has 1 amide bonds. The Morgan fingerprint density at radius 2 is 2.23 bits per heavy atom. The van der Waals surface area contributed by atoms with E-state index in [4.69, 9.17) is 4.42 Å². The third-order valence-corrected chi connectivity index (χ3v) is 4.07. The highest BCUT2D eigenvalue weighted by Crippen LogP contribution is 2.22. The first-order valence-electron chi connectivity index (χ1n) is 7.78. The van der Waals surface area contributed by atoms with Crippen molar-refractivity contribution in [3.8, 4) is 11.3 Å². The second-order valence-corrected chi connectivity index (χ2v) is 5.67. The lowest BCUT2D eigenvalue weighted by atomic mass is 10.0. The van der Waals surface area contributed by atoms with Crippen molar-refractivity contribution in [2.45, 2.75) is 25.8 Å². The van der Waals surface area contributed by atoms with Gasteiger partial charge in [-0.25, -0.2) is 4.98 Å². The van der Waals surface area contributed by atoms with E-state index in [2.05, 4.69) is 15.6 Å². The van der Waals surface area contributed by atoms with Gasteiger partial charge in [0, 0.05) is 12.0 Å². The number of rotatable bonds is 6. The first-order chi connectivity index (χ1) is 10.8. The summed E-state index contributed by atoms with van der Waals surface area (Å²) in [7, 11) is 0. The van der Waals surface area contributed by atoms with E-state index >= 15 is 0 Å². The number of amides is 1. The van der Waals surface area contributed by atoms with E-state index in [9.17, 15) is 4.79 Å². The average Bonchev–Trinajstić information content (AvgIpc) is 3.23. The third-order valence-electron chi connectivity index (χ3n) is 4.07. The number of aromatic nitrogens is 1. The molecule has 1 atom stereocenters. The second kappa shape index (κ2) is 7.22. The number of carbonyl (C=O) groups excluding carboxylic acids is 1. The zero-order chi connectivity index (χ0) is 15.2. The van der Waals surface area contributed by atoms with Crippen molar-refractivity contribution in [2.75, 3.05) is 13.1 Å². The molecule has 1 unspecified atom stereocenters. The van der Waals surface area contributed by atoms with Crippen LogP contribution in [0.25, 0.3) is 11.3 Å². The molecule has 1 aliphatic rings. The molecule has 2 N–H and O–H groups in total.